The van der Waals surface area contributed by atoms with Gasteiger partial charge in [0.25, 0.3) is 0 Å². The first kappa shape index (κ1) is 19.8. The van der Waals surface area contributed by atoms with Crippen LogP contribution in [-0.2, 0) is 4.79 Å². The number of alkyl halides is 2. The van der Waals surface area contributed by atoms with Gasteiger partial charge in [0.05, 0.1) is 5.75 Å². The number of fused-ring (bicyclic) bond motifs is 1. The van der Waals surface area contributed by atoms with Crippen molar-refractivity contribution in [2.75, 3.05) is 23.7 Å². The van der Waals surface area contributed by atoms with Crippen molar-refractivity contribution in [1.29, 1.82) is 0 Å². The molecule has 0 saturated carbocycles. The Hall–Kier alpha value is -3.54. The maximum absolute atomic E-state index is 12.2. The van der Waals surface area contributed by atoms with Crippen molar-refractivity contribution in [3.05, 3.63) is 42.5 Å². The molecule has 0 spiro atoms. The Balaban J connectivity index is 1.36. The fourth-order valence-electron chi connectivity index (χ4n) is 2.66. The van der Waals surface area contributed by atoms with Gasteiger partial charge in [-0.25, -0.2) is 4.68 Å². The van der Waals surface area contributed by atoms with Crippen molar-refractivity contribution in [2.24, 2.45) is 0 Å². The van der Waals surface area contributed by atoms with Crippen LogP contribution in [0.3, 0.4) is 0 Å². The molecule has 2 heterocycles. The van der Waals surface area contributed by atoms with Crippen LogP contribution in [0.15, 0.2) is 47.6 Å². The molecule has 0 bridgehead atoms. The van der Waals surface area contributed by atoms with Gasteiger partial charge >= 0.3 is 6.61 Å². The molecule has 156 valence electrons. The molecular formula is C18H15F2N5O4S. The lowest BCUT2D eigenvalue weighted by Crippen LogP contribution is -2.16. The van der Waals surface area contributed by atoms with Gasteiger partial charge in [0, 0.05) is 17.3 Å². The number of aromatic nitrogens is 3. The summed E-state index contributed by atoms with van der Waals surface area (Å²) in [4.78, 5) is 12.2. The van der Waals surface area contributed by atoms with Crippen molar-refractivity contribution >= 4 is 23.4 Å². The number of halogens is 2. The lowest BCUT2D eigenvalue weighted by molar-refractivity contribution is -0.113. The molecule has 1 aromatic heterocycles. The number of nitrogens with zero attached hydrogens (tertiary/aromatic N) is 3. The highest BCUT2D eigenvalue weighted by atomic mass is 32.2. The molecule has 2 aromatic carbocycles. The van der Waals surface area contributed by atoms with Gasteiger partial charge in [-0.3, -0.25) is 4.79 Å². The topological polar surface area (TPSA) is 114 Å². The molecule has 9 nitrogen and oxygen atoms in total. The van der Waals surface area contributed by atoms with E-state index < -0.39 is 6.61 Å². The summed E-state index contributed by atoms with van der Waals surface area (Å²) in [5.74, 6) is 7.32. The molecule has 0 saturated heterocycles. The van der Waals surface area contributed by atoms with Crippen molar-refractivity contribution in [3.63, 3.8) is 0 Å². The van der Waals surface area contributed by atoms with E-state index in [0.717, 1.165) is 11.8 Å². The summed E-state index contributed by atoms with van der Waals surface area (Å²) in [7, 11) is 0. The minimum atomic E-state index is -2.90. The summed E-state index contributed by atoms with van der Waals surface area (Å²) in [6, 6.07) is 10.9. The number of nitrogens with two attached hydrogens (primary N) is 1. The number of nitrogen functional groups attached to an aromatic ring is 1. The number of benzene rings is 2. The van der Waals surface area contributed by atoms with Crippen LogP contribution in [0.25, 0.3) is 11.4 Å². The number of carbonyl (C=O) groups excluding carboxylic acids is 1. The number of rotatable bonds is 7. The summed E-state index contributed by atoms with van der Waals surface area (Å²) in [5, 5.41) is 11.0. The molecule has 0 radical (unpaired) electrons. The average Bonchev–Trinajstić information content (AvgIpc) is 3.33. The lowest BCUT2D eigenvalue weighted by Gasteiger charge is -2.07. The molecule has 0 unspecified atom stereocenters. The number of hydrogen-bond acceptors (Lipinski definition) is 8. The SMILES string of the molecule is Nn1c(SCC(=O)Nc2ccc3c(c2)OCO3)nnc1-c1ccc(OC(F)F)cc1. The number of carbonyl (C=O) groups is 1. The van der Waals surface area contributed by atoms with Crippen LogP contribution in [0.5, 0.6) is 17.2 Å². The summed E-state index contributed by atoms with van der Waals surface area (Å²) in [5.41, 5.74) is 1.13. The smallest absolute Gasteiger partial charge is 0.387 e. The van der Waals surface area contributed by atoms with Crippen LogP contribution < -0.4 is 25.4 Å². The van der Waals surface area contributed by atoms with Gasteiger partial charge in [0.2, 0.25) is 17.9 Å². The van der Waals surface area contributed by atoms with Gasteiger partial charge in [0.15, 0.2) is 17.3 Å². The van der Waals surface area contributed by atoms with Crippen molar-refractivity contribution in [1.82, 2.24) is 14.9 Å². The van der Waals surface area contributed by atoms with E-state index in [2.05, 4.69) is 20.3 Å². The van der Waals surface area contributed by atoms with Gasteiger partial charge in [-0.2, -0.15) is 8.78 Å². The first-order valence-corrected chi connectivity index (χ1v) is 9.56. The second-order valence-corrected chi connectivity index (χ2v) is 6.93. The second-order valence-electron chi connectivity index (χ2n) is 5.98. The largest absolute Gasteiger partial charge is 0.454 e. The van der Waals surface area contributed by atoms with Crippen LogP contribution >= 0.6 is 11.8 Å². The fraction of sp³-hybridized carbons (Fsp3) is 0.167. The highest BCUT2D eigenvalue weighted by Gasteiger charge is 2.16. The normalized spacial score (nSPS) is 12.2. The van der Waals surface area contributed by atoms with Gasteiger partial charge < -0.3 is 25.4 Å². The van der Waals surface area contributed by atoms with E-state index in [1.54, 1.807) is 18.2 Å². The third kappa shape index (κ3) is 4.38. The molecule has 4 rings (SSSR count). The third-order valence-corrected chi connectivity index (χ3v) is 4.93. The Kier molecular flexibility index (Phi) is 5.57. The van der Waals surface area contributed by atoms with E-state index in [0.29, 0.717) is 33.7 Å². The summed E-state index contributed by atoms with van der Waals surface area (Å²) in [6.07, 6.45) is 0. The minimum absolute atomic E-state index is 0.0200. The van der Waals surface area contributed by atoms with E-state index in [1.165, 1.54) is 28.9 Å². The van der Waals surface area contributed by atoms with E-state index in [4.69, 9.17) is 15.3 Å². The monoisotopic (exact) mass is 435 g/mol. The van der Waals surface area contributed by atoms with Crippen LogP contribution in [0.2, 0.25) is 0 Å². The van der Waals surface area contributed by atoms with Crippen LogP contribution in [0.4, 0.5) is 14.5 Å². The molecule has 1 amide bonds. The van der Waals surface area contributed by atoms with Crippen molar-refractivity contribution in [2.45, 2.75) is 11.8 Å². The van der Waals surface area contributed by atoms with Crippen molar-refractivity contribution in [3.8, 4) is 28.6 Å². The van der Waals surface area contributed by atoms with Crippen LogP contribution in [-0.4, -0.2) is 39.9 Å². The third-order valence-electron chi connectivity index (χ3n) is 3.99. The molecule has 0 atom stereocenters. The Bertz CT molecular complexity index is 1060. The van der Waals surface area contributed by atoms with E-state index in [9.17, 15) is 13.6 Å². The molecule has 0 aliphatic carbocycles. The minimum Gasteiger partial charge on any atom is -0.454 e. The first-order chi connectivity index (χ1) is 14.5. The lowest BCUT2D eigenvalue weighted by atomic mass is 10.2. The summed E-state index contributed by atoms with van der Waals surface area (Å²) < 4.78 is 40.5. The van der Waals surface area contributed by atoms with E-state index in [1.807, 2.05) is 0 Å². The van der Waals surface area contributed by atoms with Crippen LogP contribution in [0.1, 0.15) is 0 Å². The Labute approximate surface area is 173 Å². The summed E-state index contributed by atoms with van der Waals surface area (Å²) in [6.45, 7) is -2.75. The molecule has 1 aliphatic rings. The molecule has 1 aliphatic heterocycles. The van der Waals surface area contributed by atoms with Gasteiger partial charge in [-0.1, -0.05) is 11.8 Å². The molecule has 30 heavy (non-hydrogen) atoms. The number of ether oxygens (including phenoxy) is 3. The molecule has 0 fully saturated rings. The Morgan fingerprint density at radius 3 is 2.73 bits per heavy atom. The zero-order chi connectivity index (χ0) is 21.1. The number of nitrogens with one attached hydrogen (secondary N) is 1. The summed E-state index contributed by atoms with van der Waals surface area (Å²) >= 11 is 1.10. The van der Waals surface area contributed by atoms with Gasteiger partial charge in [-0.15, -0.1) is 10.2 Å². The van der Waals surface area contributed by atoms with Gasteiger partial charge in [-0.05, 0) is 36.4 Å². The quantitative estimate of drug-likeness (QED) is 0.430. The van der Waals surface area contributed by atoms with E-state index >= 15 is 0 Å². The standard InChI is InChI=1S/C18H15F2N5O4S/c19-17(20)29-12-4-1-10(2-5-12)16-23-24-18(25(16)21)30-8-15(26)22-11-3-6-13-14(7-11)28-9-27-13/h1-7,17H,8-9,21H2,(H,22,26). The molecule has 3 N–H and O–H groups in total. The average molecular weight is 435 g/mol. The number of hydrogen-bond donors (Lipinski definition) is 2. The maximum atomic E-state index is 12.2. The first-order valence-electron chi connectivity index (χ1n) is 8.57. The zero-order valence-corrected chi connectivity index (χ0v) is 16.1. The number of anilines is 1. The Morgan fingerprint density at radius 2 is 1.97 bits per heavy atom. The Morgan fingerprint density at radius 1 is 1.20 bits per heavy atom. The molecule has 3 aromatic rings. The highest BCUT2D eigenvalue weighted by molar-refractivity contribution is 7.99. The molecule has 12 heteroatoms. The zero-order valence-electron chi connectivity index (χ0n) is 15.2. The van der Waals surface area contributed by atoms with Crippen LogP contribution in [0, 0.1) is 0 Å². The predicted octanol–water partition coefficient (Wildman–Crippen LogP) is 2.72. The predicted molar refractivity (Wildman–Crippen MR) is 104 cm³/mol. The number of thioether (sulfide) groups is 1. The molecular weight excluding hydrogens is 420 g/mol. The maximum Gasteiger partial charge on any atom is 0.387 e. The fourth-order valence-corrected chi connectivity index (χ4v) is 3.32. The van der Waals surface area contributed by atoms with Gasteiger partial charge in [0.1, 0.15) is 5.75 Å². The number of amides is 1. The second kappa shape index (κ2) is 8.45. The highest BCUT2D eigenvalue weighted by Crippen LogP contribution is 2.34. The van der Waals surface area contributed by atoms with E-state index in [-0.39, 0.29) is 24.2 Å². The van der Waals surface area contributed by atoms with Crippen molar-refractivity contribution < 1.29 is 27.8 Å².